The van der Waals surface area contributed by atoms with E-state index in [2.05, 4.69) is 22.7 Å². The molecule has 1 heterocycles. The molecule has 0 amide bonds. The summed E-state index contributed by atoms with van der Waals surface area (Å²) < 4.78 is 10.8. The average Bonchev–Trinajstić information content (AvgIpc) is 2.58. The zero-order valence-corrected chi connectivity index (χ0v) is 16.7. The highest BCUT2D eigenvalue weighted by Crippen LogP contribution is 2.28. The van der Waals surface area contributed by atoms with Crippen LogP contribution >= 0.6 is 24.0 Å². The highest BCUT2D eigenvalue weighted by molar-refractivity contribution is 14.0. The molecule has 0 aliphatic carbocycles. The minimum Gasteiger partial charge on any atom is -0.493 e. The van der Waals surface area contributed by atoms with Gasteiger partial charge in [0.25, 0.3) is 0 Å². The molecule has 2 rings (SSSR count). The van der Waals surface area contributed by atoms with Crippen molar-refractivity contribution >= 4 is 29.9 Å². The van der Waals surface area contributed by atoms with E-state index in [0.29, 0.717) is 24.0 Å². The number of nitrogens with two attached hydrogens (primary N) is 1. The smallest absolute Gasteiger partial charge is 0.191 e. The summed E-state index contributed by atoms with van der Waals surface area (Å²) in [6.07, 6.45) is 7.58. The Balaban J connectivity index is 0.00000288. The molecule has 1 aliphatic heterocycles. The standard InChI is InChI=1S/C18H25N3O2.HI/c1-4-11-23-17-12-15(5-6-16(17)22-3)13-20-18(19)21-9-7-14(2)8-10-21;/h1,5-6,12,14H,7-11,13H2,2-3H3,(H2,19,20);1H. The third kappa shape index (κ3) is 5.78. The number of hydrogen-bond acceptors (Lipinski definition) is 3. The largest absolute Gasteiger partial charge is 0.493 e. The van der Waals surface area contributed by atoms with Crippen LogP contribution in [0.25, 0.3) is 0 Å². The van der Waals surface area contributed by atoms with Gasteiger partial charge in [0, 0.05) is 13.1 Å². The first-order valence-corrected chi connectivity index (χ1v) is 7.92. The van der Waals surface area contributed by atoms with Crippen molar-refractivity contribution in [3.8, 4) is 23.8 Å². The number of halogens is 1. The molecule has 0 radical (unpaired) electrons. The molecule has 0 unspecified atom stereocenters. The molecule has 0 spiro atoms. The number of benzene rings is 1. The number of hydrogen-bond donors (Lipinski definition) is 1. The highest BCUT2D eigenvalue weighted by Gasteiger charge is 2.16. The van der Waals surface area contributed by atoms with Gasteiger partial charge in [-0.1, -0.05) is 18.9 Å². The van der Waals surface area contributed by atoms with Crippen molar-refractivity contribution in [2.75, 3.05) is 26.8 Å². The van der Waals surface area contributed by atoms with Gasteiger partial charge in [-0.25, -0.2) is 4.99 Å². The lowest BCUT2D eigenvalue weighted by Crippen LogP contribution is -2.42. The Morgan fingerprint density at radius 1 is 1.38 bits per heavy atom. The van der Waals surface area contributed by atoms with Crippen LogP contribution in [0.4, 0.5) is 0 Å². The summed E-state index contributed by atoms with van der Waals surface area (Å²) in [6.45, 7) is 4.95. The second-order valence-corrected chi connectivity index (χ2v) is 5.82. The van der Waals surface area contributed by atoms with Crippen LogP contribution < -0.4 is 15.2 Å². The van der Waals surface area contributed by atoms with E-state index in [0.717, 1.165) is 24.6 Å². The summed E-state index contributed by atoms with van der Waals surface area (Å²) in [6, 6.07) is 5.71. The molecular formula is C18H26IN3O2. The highest BCUT2D eigenvalue weighted by atomic mass is 127. The molecule has 1 aromatic rings. The van der Waals surface area contributed by atoms with Crippen LogP contribution in [-0.4, -0.2) is 37.7 Å². The Morgan fingerprint density at radius 3 is 2.71 bits per heavy atom. The lowest BCUT2D eigenvalue weighted by Gasteiger charge is -2.31. The Bertz CT molecular complexity index is 590. The van der Waals surface area contributed by atoms with E-state index in [1.165, 1.54) is 12.8 Å². The minimum absolute atomic E-state index is 0. The van der Waals surface area contributed by atoms with Crippen molar-refractivity contribution in [1.29, 1.82) is 0 Å². The summed E-state index contributed by atoms with van der Waals surface area (Å²) >= 11 is 0. The Morgan fingerprint density at radius 2 is 2.08 bits per heavy atom. The molecule has 0 atom stereocenters. The first kappa shape index (κ1) is 20.4. The minimum atomic E-state index is 0. The molecular weight excluding hydrogens is 417 g/mol. The summed E-state index contributed by atoms with van der Waals surface area (Å²) in [5, 5.41) is 0. The van der Waals surface area contributed by atoms with Crippen molar-refractivity contribution in [3.05, 3.63) is 23.8 Å². The Labute approximate surface area is 161 Å². The summed E-state index contributed by atoms with van der Waals surface area (Å²) in [5.41, 5.74) is 7.12. The first-order valence-electron chi connectivity index (χ1n) is 7.92. The number of terminal acetylenes is 1. The van der Waals surface area contributed by atoms with Crippen molar-refractivity contribution in [1.82, 2.24) is 4.90 Å². The van der Waals surface area contributed by atoms with Crippen LogP contribution in [0.5, 0.6) is 11.5 Å². The fourth-order valence-corrected chi connectivity index (χ4v) is 2.56. The van der Waals surface area contributed by atoms with Gasteiger partial charge in [-0.3, -0.25) is 0 Å². The van der Waals surface area contributed by atoms with Crippen LogP contribution in [0, 0.1) is 18.3 Å². The summed E-state index contributed by atoms with van der Waals surface area (Å²) in [4.78, 5) is 6.66. The Kier molecular flexibility index (Phi) is 8.76. The molecule has 1 aromatic carbocycles. The molecule has 1 saturated heterocycles. The van der Waals surface area contributed by atoms with Gasteiger partial charge in [0.2, 0.25) is 0 Å². The predicted molar refractivity (Wildman–Crippen MR) is 108 cm³/mol. The SMILES string of the molecule is C#CCOc1cc(CN=C(N)N2CCC(C)CC2)ccc1OC.I. The number of methoxy groups -OCH3 is 1. The summed E-state index contributed by atoms with van der Waals surface area (Å²) in [5.74, 6) is 5.12. The predicted octanol–water partition coefficient (Wildman–Crippen LogP) is 2.87. The third-order valence-corrected chi connectivity index (χ3v) is 4.07. The molecule has 132 valence electrons. The molecule has 1 fully saturated rings. The molecule has 0 saturated carbocycles. The molecule has 6 heteroatoms. The number of ether oxygens (including phenoxy) is 2. The number of rotatable bonds is 5. The summed E-state index contributed by atoms with van der Waals surface area (Å²) in [7, 11) is 1.60. The van der Waals surface area contributed by atoms with Gasteiger partial charge in [-0.2, -0.15) is 0 Å². The van der Waals surface area contributed by atoms with Gasteiger partial charge in [0.1, 0.15) is 6.61 Å². The maximum atomic E-state index is 6.11. The van der Waals surface area contributed by atoms with Gasteiger partial charge >= 0.3 is 0 Å². The normalized spacial score (nSPS) is 15.4. The van der Waals surface area contributed by atoms with Gasteiger partial charge in [-0.05, 0) is 36.5 Å². The van der Waals surface area contributed by atoms with E-state index in [-0.39, 0.29) is 30.6 Å². The second kappa shape index (κ2) is 10.3. The molecule has 0 bridgehead atoms. The maximum absolute atomic E-state index is 6.11. The quantitative estimate of drug-likeness (QED) is 0.329. The number of nitrogens with zero attached hydrogens (tertiary/aromatic N) is 2. The van der Waals surface area contributed by atoms with E-state index in [1.807, 2.05) is 18.2 Å². The zero-order chi connectivity index (χ0) is 16.7. The Hall–Kier alpha value is -1.62. The average molecular weight is 443 g/mol. The van der Waals surface area contributed by atoms with E-state index >= 15 is 0 Å². The topological polar surface area (TPSA) is 60.1 Å². The van der Waals surface area contributed by atoms with E-state index in [9.17, 15) is 0 Å². The maximum Gasteiger partial charge on any atom is 0.191 e. The van der Waals surface area contributed by atoms with Gasteiger partial charge in [-0.15, -0.1) is 30.4 Å². The van der Waals surface area contributed by atoms with Crippen molar-refractivity contribution < 1.29 is 9.47 Å². The van der Waals surface area contributed by atoms with Crippen LogP contribution in [-0.2, 0) is 6.54 Å². The van der Waals surface area contributed by atoms with Crippen molar-refractivity contribution in [2.24, 2.45) is 16.6 Å². The molecule has 5 nitrogen and oxygen atoms in total. The molecule has 24 heavy (non-hydrogen) atoms. The third-order valence-electron chi connectivity index (χ3n) is 4.07. The van der Waals surface area contributed by atoms with Crippen LogP contribution in [0.1, 0.15) is 25.3 Å². The first-order chi connectivity index (χ1) is 11.1. The fourth-order valence-electron chi connectivity index (χ4n) is 2.56. The number of piperidine rings is 1. The van der Waals surface area contributed by atoms with Crippen molar-refractivity contribution in [3.63, 3.8) is 0 Å². The molecule has 1 aliphatic rings. The molecule has 0 aromatic heterocycles. The van der Waals surface area contributed by atoms with Crippen LogP contribution in [0.3, 0.4) is 0 Å². The number of likely N-dealkylation sites (tertiary alicyclic amines) is 1. The van der Waals surface area contributed by atoms with E-state index in [4.69, 9.17) is 21.6 Å². The molecule has 2 N–H and O–H groups in total. The lowest BCUT2D eigenvalue weighted by molar-refractivity contribution is 0.277. The zero-order valence-electron chi connectivity index (χ0n) is 14.3. The monoisotopic (exact) mass is 443 g/mol. The van der Waals surface area contributed by atoms with E-state index in [1.54, 1.807) is 7.11 Å². The van der Waals surface area contributed by atoms with E-state index < -0.39 is 0 Å². The lowest BCUT2D eigenvalue weighted by atomic mass is 10.00. The van der Waals surface area contributed by atoms with Crippen LogP contribution in [0.2, 0.25) is 0 Å². The number of aliphatic imine (C=N–C) groups is 1. The fraction of sp³-hybridized carbons (Fsp3) is 0.500. The van der Waals surface area contributed by atoms with Gasteiger partial charge in [0.15, 0.2) is 17.5 Å². The van der Waals surface area contributed by atoms with Gasteiger partial charge < -0.3 is 20.1 Å². The van der Waals surface area contributed by atoms with Gasteiger partial charge in [0.05, 0.1) is 13.7 Å². The van der Waals surface area contributed by atoms with Crippen LogP contribution in [0.15, 0.2) is 23.2 Å². The second-order valence-electron chi connectivity index (χ2n) is 5.82. The number of guanidine groups is 1. The van der Waals surface area contributed by atoms with Crippen molar-refractivity contribution in [2.45, 2.75) is 26.3 Å².